The number of carboxylic acids is 1. The van der Waals surface area contributed by atoms with Crippen molar-refractivity contribution >= 4 is 17.4 Å². The number of methoxy groups -OCH3 is 2. The van der Waals surface area contributed by atoms with E-state index in [1.54, 1.807) is 12.1 Å². The normalized spacial score (nSPS) is 15.6. The average Bonchev–Trinajstić information content (AvgIpc) is 3.24. The maximum atomic E-state index is 12.2. The van der Waals surface area contributed by atoms with E-state index in [9.17, 15) is 9.90 Å². The van der Waals surface area contributed by atoms with E-state index in [1.807, 2.05) is 65.7 Å². The third-order valence-electron chi connectivity index (χ3n) is 5.19. The summed E-state index contributed by atoms with van der Waals surface area (Å²) in [6, 6.07) is 22.9. The number of carbonyl (C=O) groups is 1. The number of aromatic carboxylic acids is 1. The summed E-state index contributed by atoms with van der Waals surface area (Å²) < 4.78 is 10.7. The Hall–Kier alpha value is -3.80. The minimum atomic E-state index is -1.07. The lowest BCUT2D eigenvalue weighted by atomic mass is 9.93. The molecule has 6 nitrogen and oxygen atoms in total. The molecule has 1 atom stereocenters. The Kier molecular flexibility index (Phi) is 5.39. The molecule has 1 N–H and O–H groups in total. The summed E-state index contributed by atoms with van der Waals surface area (Å²) in [7, 11) is 2.94. The van der Waals surface area contributed by atoms with Crippen molar-refractivity contribution in [3.63, 3.8) is 0 Å². The Morgan fingerprint density at radius 2 is 1.63 bits per heavy atom. The largest absolute Gasteiger partial charge is 0.493 e. The predicted octanol–water partition coefficient (Wildman–Crippen LogP) is 4.76. The molecule has 152 valence electrons. The highest BCUT2D eigenvalue weighted by Gasteiger charge is 2.34. The highest BCUT2D eigenvalue weighted by molar-refractivity contribution is 6.04. The molecule has 0 radical (unpaired) electrons. The van der Waals surface area contributed by atoms with Crippen LogP contribution < -0.4 is 14.5 Å². The first-order valence-corrected chi connectivity index (χ1v) is 9.59. The Morgan fingerprint density at radius 1 is 0.967 bits per heavy atom. The van der Waals surface area contributed by atoms with Gasteiger partial charge in [-0.15, -0.1) is 0 Å². The number of hydrogen-bond acceptors (Lipinski definition) is 5. The van der Waals surface area contributed by atoms with Gasteiger partial charge in [-0.2, -0.15) is 5.10 Å². The molecule has 0 aliphatic carbocycles. The van der Waals surface area contributed by atoms with Crippen molar-refractivity contribution in [1.29, 1.82) is 0 Å². The van der Waals surface area contributed by atoms with Crippen molar-refractivity contribution in [1.82, 2.24) is 0 Å². The summed E-state index contributed by atoms with van der Waals surface area (Å²) >= 11 is 0. The fourth-order valence-corrected chi connectivity index (χ4v) is 3.82. The maximum absolute atomic E-state index is 12.2. The first kappa shape index (κ1) is 19.5. The van der Waals surface area contributed by atoms with Gasteiger partial charge in [-0.25, -0.2) is 4.79 Å². The minimum absolute atomic E-state index is 0.0901. The molecule has 0 spiro atoms. The summed E-state index contributed by atoms with van der Waals surface area (Å²) in [6.45, 7) is 0. The third kappa shape index (κ3) is 3.48. The van der Waals surface area contributed by atoms with Crippen LogP contribution in [-0.2, 0) is 0 Å². The predicted molar refractivity (Wildman–Crippen MR) is 116 cm³/mol. The van der Waals surface area contributed by atoms with Crippen molar-refractivity contribution < 1.29 is 19.4 Å². The molecule has 1 heterocycles. The molecular weight excluding hydrogens is 380 g/mol. The van der Waals surface area contributed by atoms with Gasteiger partial charge >= 0.3 is 5.97 Å². The van der Waals surface area contributed by atoms with Crippen LogP contribution in [0.2, 0.25) is 0 Å². The monoisotopic (exact) mass is 402 g/mol. The first-order chi connectivity index (χ1) is 14.6. The first-order valence-electron chi connectivity index (χ1n) is 9.59. The van der Waals surface area contributed by atoms with Crippen molar-refractivity contribution in [2.75, 3.05) is 19.2 Å². The van der Waals surface area contributed by atoms with Gasteiger partial charge in [0.1, 0.15) is 5.56 Å². The quantitative estimate of drug-likeness (QED) is 0.644. The van der Waals surface area contributed by atoms with Gasteiger partial charge in [-0.3, -0.25) is 5.01 Å². The van der Waals surface area contributed by atoms with Crippen LogP contribution in [0.25, 0.3) is 0 Å². The highest BCUT2D eigenvalue weighted by Crippen LogP contribution is 2.42. The van der Waals surface area contributed by atoms with Crippen molar-refractivity contribution in [3.05, 3.63) is 89.5 Å². The molecule has 0 saturated carbocycles. The van der Waals surface area contributed by atoms with Crippen molar-refractivity contribution in [2.45, 2.75) is 12.5 Å². The number of rotatable bonds is 6. The van der Waals surface area contributed by atoms with E-state index in [4.69, 9.17) is 14.6 Å². The topological polar surface area (TPSA) is 71.4 Å². The molecule has 30 heavy (non-hydrogen) atoms. The van der Waals surface area contributed by atoms with Crippen LogP contribution in [0, 0.1) is 0 Å². The van der Waals surface area contributed by atoms with E-state index >= 15 is 0 Å². The second-order valence-electron chi connectivity index (χ2n) is 6.88. The molecule has 0 amide bonds. The molecule has 1 aliphatic rings. The van der Waals surface area contributed by atoms with E-state index in [-0.39, 0.29) is 17.4 Å². The molecule has 1 aliphatic heterocycles. The van der Waals surface area contributed by atoms with E-state index < -0.39 is 5.97 Å². The van der Waals surface area contributed by atoms with E-state index in [2.05, 4.69) is 0 Å². The maximum Gasteiger partial charge on any atom is 0.339 e. The molecule has 0 bridgehead atoms. The van der Waals surface area contributed by atoms with E-state index in [1.165, 1.54) is 14.2 Å². The summed E-state index contributed by atoms with van der Waals surface area (Å²) in [5.41, 5.74) is 3.51. The van der Waals surface area contributed by atoms with Crippen molar-refractivity contribution in [3.8, 4) is 11.5 Å². The zero-order valence-electron chi connectivity index (χ0n) is 16.8. The van der Waals surface area contributed by atoms with Gasteiger partial charge in [-0.1, -0.05) is 54.6 Å². The molecule has 3 aromatic carbocycles. The van der Waals surface area contributed by atoms with Crippen LogP contribution >= 0.6 is 0 Å². The second-order valence-corrected chi connectivity index (χ2v) is 6.88. The smallest absolute Gasteiger partial charge is 0.339 e. The van der Waals surface area contributed by atoms with Gasteiger partial charge in [0.2, 0.25) is 0 Å². The lowest BCUT2D eigenvalue weighted by Crippen LogP contribution is -2.21. The van der Waals surface area contributed by atoms with Crippen molar-refractivity contribution in [2.24, 2.45) is 5.10 Å². The standard InChI is InChI=1S/C24H22N2O4/c1-29-21-14-13-18(22(24(27)28)23(21)30-2)20-15-19(16-9-5-3-6-10-16)25-26(20)17-11-7-4-8-12-17/h3-14,20H,15H2,1-2H3,(H,27,28)/t20-/m0/s1. The number of benzene rings is 3. The van der Waals surface area contributed by atoms with Crippen LogP contribution in [0.5, 0.6) is 11.5 Å². The Labute approximate surface area is 175 Å². The van der Waals surface area contributed by atoms with E-state index in [0.717, 1.165) is 17.0 Å². The molecule has 0 fully saturated rings. The van der Waals surface area contributed by atoms with Gasteiger partial charge in [-0.05, 0) is 29.3 Å². The zero-order chi connectivity index (χ0) is 21.1. The van der Waals surface area contributed by atoms with Gasteiger partial charge in [0, 0.05) is 6.42 Å². The van der Waals surface area contributed by atoms with Crippen LogP contribution in [0.1, 0.15) is 33.9 Å². The summed E-state index contributed by atoms with van der Waals surface area (Å²) in [4.78, 5) is 12.2. The lowest BCUT2D eigenvalue weighted by Gasteiger charge is -2.26. The highest BCUT2D eigenvalue weighted by atomic mass is 16.5. The van der Waals surface area contributed by atoms with Gasteiger partial charge in [0.15, 0.2) is 11.5 Å². The molecular formula is C24H22N2O4. The summed E-state index contributed by atoms with van der Waals surface area (Å²) in [6.07, 6.45) is 0.564. The van der Waals surface area contributed by atoms with E-state index in [0.29, 0.717) is 17.7 Å². The summed E-state index contributed by atoms with van der Waals surface area (Å²) in [5.74, 6) is -0.474. The van der Waals surface area contributed by atoms with Gasteiger partial charge < -0.3 is 14.6 Å². The van der Waals surface area contributed by atoms with Crippen LogP contribution in [0.15, 0.2) is 77.9 Å². The lowest BCUT2D eigenvalue weighted by molar-refractivity contribution is 0.0690. The number of ether oxygens (including phenoxy) is 2. The molecule has 0 aromatic heterocycles. The molecule has 3 aromatic rings. The zero-order valence-corrected chi connectivity index (χ0v) is 16.8. The van der Waals surface area contributed by atoms with Gasteiger partial charge in [0.05, 0.1) is 31.7 Å². The number of hydrazone groups is 1. The number of nitrogens with zero attached hydrogens (tertiary/aromatic N) is 2. The molecule has 4 rings (SSSR count). The van der Waals surface area contributed by atoms with Crippen LogP contribution in [0.3, 0.4) is 0 Å². The Balaban J connectivity index is 1.86. The second kappa shape index (κ2) is 8.29. The minimum Gasteiger partial charge on any atom is -0.493 e. The number of hydrogen-bond donors (Lipinski definition) is 1. The average molecular weight is 402 g/mol. The molecule has 0 saturated heterocycles. The van der Waals surface area contributed by atoms with Crippen LogP contribution in [-0.4, -0.2) is 31.0 Å². The molecule has 6 heteroatoms. The van der Waals surface area contributed by atoms with Gasteiger partial charge in [0.25, 0.3) is 0 Å². The Bertz CT molecular complexity index is 1080. The fraction of sp³-hybridized carbons (Fsp3) is 0.167. The summed E-state index contributed by atoms with van der Waals surface area (Å²) in [5, 5.41) is 16.8. The SMILES string of the molecule is COc1ccc([C@@H]2CC(c3ccccc3)=NN2c2ccccc2)c(C(=O)O)c1OC. The van der Waals surface area contributed by atoms with Crippen LogP contribution in [0.4, 0.5) is 5.69 Å². The number of anilines is 1. The third-order valence-corrected chi connectivity index (χ3v) is 5.19. The number of para-hydroxylation sites is 1. The Morgan fingerprint density at radius 3 is 2.23 bits per heavy atom. The fourth-order valence-electron chi connectivity index (χ4n) is 3.82. The number of carboxylic acid groups (broad SMARTS) is 1. The molecule has 0 unspecified atom stereocenters.